The summed E-state index contributed by atoms with van der Waals surface area (Å²) >= 11 is 1.80. The first-order chi connectivity index (χ1) is 11.8. The highest BCUT2D eigenvalue weighted by molar-refractivity contribution is 7.10. The van der Waals surface area contributed by atoms with E-state index < -0.39 is 0 Å². The number of thiophene rings is 1. The zero-order valence-electron chi connectivity index (χ0n) is 15.6. The van der Waals surface area contributed by atoms with E-state index in [1.165, 1.54) is 26.5 Å². The van der Waals surface area contributed by atoms with Crippen LogP contribution in [0.4, 0.5) is 0 Å². The van der Waals surface area contributed by atoms with Gasteiger partial charge in [-0.25, -0.2) is 4.79 Å². The summed E-state index contributed by atoms with van der Waals surface area (Å²) in [6.45, 7) is 10.4. The Balaban J connectivity index is 1.98. The fraction of sp³-hybridized carbons (Fsp3) is 0.381. The van der Waals surface area contributed by atoms with Crippen LogP contribution in [0.25, 0.3) is 11.0 Å². The Hall–Kier alpha value is -1.91. The second-order valence-corrected chi connectivity index (χ2v) is 8.29. The molecule has 2 aromatic heterocycles. The second kappa shape index (κ2) is 7.14. The van der Waals surface area contributed by atoms with E-state index in [2.05, 4.69) is 52.3 Å². The van der Waals surface area contributed by atoms with Crippen LogP contribution in [0.2, 0.25) is 0 Å². The average Bonchev–Trinajstić information content (AvgIpc) is 2.91. The predicted octanol–water partition coefficient (Wildman–Crippen LogP) is 3.81. The Kier molecular flexibility index (Phi) is 5.11. The van der Waals surface area contributed by atoms with E-state index >= 15 is 0 Å². The third-order valence-electron chi connectivity index (χ3n) is 4.76. The number of aryl methyl sites for hydroxylation is 2. The first-order valence-electron chi connectivity index (χ1n) is 8.76. The molecule has 1 unspecified atom stereocenters. The van der Waals surface area contributed by atoms with Crippen LogP contribution >= 0.6 is 11.3 Å². The van der Waals surface area contributed by atoms with E-state index in [-0.39, 0.29) is 5.63 Å². The molecule has 0 radical (unpaired) electrons. The monoisotopic (exact) mass is 356 g/mol. The molecule has 2 heterocycles. The van der Waals surface area contributed by atoms with E-state index in [9.17, 15) is 4.79 Å². The molecule has 0 fully saturated rings. The van der Waals surface area contributed by atoms with Gasteiger partial charge in [-0.1, -0.05) is 13.8 Å². The molecule has 0 aliphatic carbocycles. The Morgan fingerprint density at radius 1 is 1.12 bits per heavy atom. The molecule has 1 aromatic carbocycles. The molecule has 0 bridgehead atoms. The van der Waals surface area contributed by atoms with E-state index in [0.717, 1.165) is 24.0 Å². The van der Waals surface area contributed by atoms with E-state index in [1.54, 1.807) is 17.4 Å². The zero-order chi connectivity index (χ0) is 18.1. The van der Waals surface area contributed by atoms with E-state index in [0.29, 0.717) is 11.5 Å². The van der Waals surface area contributed by atoms with Gasteiger partial charge in [0.1, 0.15) is 18.7 Å². The summed E-state index contributed by atoms with van der Waals surface area (Å²) < 4.78 is 5.46. The highest BCUT2D eigenvalue weighted by Crippen LogP contribution is 2.26. The lowest BCUT2D eigenvalue weighted by Gasteiger charge is -2.16. The van der Waals surface area contributed by atoms with Gasteiger partial charge >= 0.3 is 5.63 Å². The number of nitrogens with one attached hydrogen (secondary N) is 1. The predicted molar refractivity (Wildman–Crippen MR) is 105 cm³/mol. The van der Waals surface area contributed by atoms with Crippen LogP contribution < -0.4 is 10.5 Å². The van der Waals surface area contributed by atoms with Gasteiger partial charge in [0.25, 0.3) is 0 Å². The van der Waals surface area contributed by atoms with Gasteiger partial charge in [-0.3, -0.25) is 0 Å². The topological polar surface area (TPSA) is 34.6 Å². The Morgan fingerprint density at radius 2 is 1.88 bits per heavy atom. The summed E-state index contributed by atoms with van der Waals surface area (Å²) in [6, 6.07) is 8.04. The molecular weight excluding hydrogens is 330 g/mol. The molecule has 3 aromatic rings. The number of fused-ring (bicyclic) bond motifs is 1. The van der Waals surface area contributed by atoms with Crippen molar-refractivity contribution in [2.45, 2.75) is 46.7 Å². The minimum Gasteiger partial charge on any atom is -0.423 e. The van der Waals surface area contributed by atoms with Gasteiger partial charge in [0.05, 0.1) is 11.9 Å². The summed E-state index contributed by atoms with van der Waals surface area (Å²) in [6.07, 6.45) is 0. The molecule has 3 nitrogen and oxygen atoms in total. The largest absolute Gasteiger partial charge is 0.423 e. The number of hydrogen-bond acceptors (Lipinski definition) is 3. The lowest BCUT2D eigenvalue weighted by atomic mass is 9.95. The molecule has 0 amide bonds. The van der Waals surface area contributed by atoms with Crippen molar-refractivity contribution in [2.24, 2.45) is 0 Å². The van der Waals surface area contributed by atoms with Crippen LogP contribution in [-0.4, -0.2) is 7.05 Å². The summed E-state index contributed by atoms with van der Waals surface area (Å²) in [5, 5.41) is 3.21. The Bertz CT molecular complexity index is 952. The summed E-state index contributed by atoms with van der Waals surface area (Å²) in [5.74, 6) is 0.447. The van der Waals surface area contributed by atoms with Gasteiger partial charge in [0.2, 0.25) is 0 Å². The second-order valence-electron chi connectivity index (χ2n) is 7.29. The fourth-order valence-electron chi connectivity index (χ4n) is 3.41. The van der Waals surface area contributed by atoms with Crippen molar-refractivity contribution in [3.05, 3.63) is 67.2 Å². The van der Waals surface area contributed by atoms with Crippen LogP contribution in [0, 0.1) is 13.8 Å². The SMILES string of the molecule is Cc1cc2oc(=O)cc(C[NH+](C)Cc3sccc3C)c2cc1C(C)C. The molecule has 4 heteroatoms. The first-order valence-corrected chi connectivity index (χ1v) is 9.64. The maximum Gasteiger partial charge on any atom is 0.336 e. The molecule has 0 aliphatic rings. The molecule has 25 heavy (non-hydrogen) atoms. The molecule has 0 aliphatic heterocycles. The molecule has 1 atom stereocenters. The van der Waals surface area contributed by atoms with Crippen molar-refractivity contribution in [3.8, 4) is 0 Å². The number of quaternary nitrogens is 1. The lowest BCUT2D eigenvalue weighted by molar-refractivity contribution is -0.907. The van der Waals surface area contributed by atoms with Gasteiger partial charge in [0, 0.05) is 17.0 Å². The maximum absolute atomic E-state index is 12.0. The van der Waals surface area contributed by atoms with E-state index in [1.807, 2.05) is 6.07 Å². The van der Waals surface area contributed by atoms with Crippen molar-refractivity contribution < 1.29 is 9.32 Å². The lowest BCUT2D eigenvalue weighted by Crippen LogP contribution is -3.06. The third kappa shape index (κ3) is 3.86. The standard InChI is InChI=1S/C21H25NO2S/c1-13(2)17-10-18-16(9-21(23)24-19(18)8-15(17)4)11-22(5)12-20-14(3)6-7-25-20/h6-10,13H,11-12H2,1-5H3/p+1. The highest BCUT2D eigenvalue weighted by Gasteiger charge is 2.15. The zero-order valence-corrected chi connectivity index (χ0v) is 16.4. The molecule has 1 N–H and O–H groups in total. The van der Waals surface area contributed by atoms with Crippen LogP contribution in [0.5, 0.6) is 0 Å². The highest BCUT2D eigenvalue weighted by atomic mass is 32.1. The van der Waals surface area contributed by atoms with E-state index in [4.69, 9.17) is 4.42 Å². The summed E-state index contributed by atoms with van der Waals surface area (Å²) in [5.41, 5.74) is 5.34. The average molecular weight is 357 g/mol. The molecule has 3 rings (SSSR count). The van der Waals surface area contributed by atoms with Gasteiger partial charge in [-0.15, -0.1) is 11.3 Å². The van der Waals surface area contributed by atoms with Crippen LogP contribution in [0.1, 0.15) is 46.9 Å². The van der Waals surface area contributed by atoms with Gasteiger partial charge in [0.15, 0.2) is 0 Å². The van der Waals surface area contributed by atoms with Gasteiger partial charge in [-0.05, 0) is 60.0 Å². The van der Waals surface area contributed by atoms with Crippen molar-refractivity contribution in [2.75, 3.05) is 7.05 Å². The van der Waals surface area contributed by atoms with Crippen LogP contribution in [0.3, 0.4) is 0 Å². The molecule has 0 saturated carbocycles. The number of hydrogen-bond donors (Lipinski definition) is 1. The first kappa shape index (κ1) is 17.9. The number of benzene rings is 1. The molecule has 132 valence electrons. The normalized spacial score (nSPS) is 12.9. The van der Waals surface area contributed by atoms with Crippen molar-refractivity contribution in [3.63, 3.8) is 0 Å². The molecule has 0 spiro atoms. The third-order valence-corrected chi connectivity index (χ3v) is 5.78. The van der Waals surface area contributed by atoms with Gasteiger partial charge < -0.3 is 9.32 Å². The minimum absolute atomic E-state index is 0.265. The fourth-order valence-corrected chi connectivity index (χ4v) is 4.43. The van der Waals surface area contributed by atoms with Crippen LogP contribution in [0.15, 0.2) is 38.9 Å². The van der Waals surface area contributed by atoms with Gasteiger partial charge in [-0.2, -0.15) is 0 Å². The Labute approximate surface area is 152 Å². The minimum atomic E-state index is -0.265. The molecule has 0 saturated heterocycles. The van der Waals surface area contributed by atoms with Crippen molar-refractivity contribution >= 4 is 22.3 Å². The van der Waals surface area contributed by atoms with Crippen LogP contribution in [-0.2, 0) is 13.1 Å². The quantitative estimate of drug-likeness (QED) is 0.706. The van der Waals surface area contributed by atoms with Crippen molar-refractivity contribution in [1.29, 1.82) is 0 Å². The smallest absolute Gasteiger partial charge is 0.336 e. The summed E-state index contributed by atoms with van der Waals surface area (Å²) in [4.78, 5) is 14.8. The number of rotatable bonds is 5. The van der Waals surface area contributed by atoms with Crippen molar-refractivity contribution in [1.82, 2.24) is 0 Å². The Morgan fingerprint density at radius 3 is 2.52 bits per heavy atom. The summed E-state index contributed by atoms with van der Waals surface area (Å²) in [7, 11) is 2.18. The molecular formula is C21H26NO2S+. The maximum atomic E-state index is 12.0.